The van der Waals surface area contributed by atoms with Crippen molar-refractivity contribution in [3.63, 3.8) is 0 Å². The summed E-state index contributed by atoms with van der Waals surface area (Å²) in [5, 5.41) is 10.9. The lowest BCUT2D eigenvalue weighted by molar-refractivity contribution is 0.398. The Morgan fingerprint density at radius 3 is 2.43 bits per heavy atom. The Hall–Kier alpha value is -1.96. The maximum atomic E-state index is 9.45. The van der Waals surface area contributed by atoms with Crippen molar-refractivity contribution in [2.24, 2.45) is 5.73 Å². The first kappa shape index (κ1) is 15.4. The van der Waals surface area contributed by atoms with Crippen LogP contribution in [0.1, 0.15) is 25.0 Å². The molecule has 0 saturated carbocycles. The first-order chi connectivity index (χ1) is 9.90. The van der Waals surface area contributed by atoms with Crippen LogP contribution in [0.5, 0.6) is 5.88 Å². The van der Waals surface area contributed by atoms with Crippen LogP contribution in [0.2, 0.25) is 10.0 Å². The predicted molar refractivity (Wildman–Crippen MR) is 85.5 cm³/mol. The van der Waals surface area contributed by atoms with Gasteiger partial charge in [-0.1, -0.05) is 23.2 Å². The zero-order valence-electron chi connectivity index (χ0n) is 11.8. The third kappa shape index (κ3) is 2.63. The highest BCUT2D eigenvalue weighted by Gasteiger charge is 2.19. The van der Waals surface area contributed by atoms with Crippen LogP contribution in [0.25, 0.3) is 16.5 Å². The van der Waals surface area contributed by atoms with Gasteiger partial charge in [0, 0.05) is 16.6 Å². The summed E-state index contributed by atoms with van der Waals surface area (Å²) in [7, 11) is 1.46. The second-order valence-electron chi connectivity index (χ2n) is 4.57. The van der Waals surface area contributed by atoms with E-state index in [1.165, 1.54) is 7.11 Å². The Kier molecular flexibility index (Phi) is 4.26. The fourth-order valence-electron chi connectivity index (χ4n) is 2.07. The van der Waals surface area contributed by atoms with Gasteiger partial charge in [-0.3, -0.25) is 0 Å². The lowest BCUT2D eigenvalue weighted by Crippen LogP contribution is -2.02. The van der Waals surface area contributed by atoms with Crippen LogP contribution in [0.3, 0.4) is 0 Å². The van der Waals surface area contributed by atoms with Crippen LogP contribution in [0.15, 0.2) is 17.8 Å². The number of nitriles is 1. The largest absolute Gasteiger partial charge is 0.480 e. The highest BCUT2D eigenvalue weighted by Crippen LogP contribution is 2.36. The molecule has 0 atom stereocenters. The van der Waals surface area contributed by atoms with Gasteiger partial charge in [0.15, 0.2) is 0 Å². The van der Waals surface area contributed by atoms with Crippen molar-refractivity contribution in [3.05, 3.63) is 39.0 Å². The number of nitrogens with two attached hydrogens (primary N) is 1. The van der Waals surface area contributed by atoms with Crippen molar-refractivity contribution < 1.29 is 4.74 Å². The number of methoxy groups -OCH3 is 1. The maximum Gasteiger partial charge on any atom is 0.232 e. The second kappa shape index (κ2) is 5.80. The van der Waals surface area contributed by atoms with Crippen molar-refractivity contribution in [1.82, 2.24) is 4.98 Å². The molecule has 108 valence electrons. The van der Waals surface area contributed by atoms with Crippen molar-refractivity contribution in [2.75, 3.05) is 7.11 Å². The van der Waals surface area contributed by atoms with Gasteiger partial charge in [0.1, 0.15) is 11.6 Å². The molecule has 21 heavy (non-hydrogen) atoms. The number of nitrogens with zero attached hydrogens (tertiary/aromatic N) is 2. The van der Waals surface area contributed by atoms with Gasteiger partial charge in [-0.05, 0) is 31.6 Å². The summed E-state index contributed by atoms with van der Waals surface area (Å²) in [6.45, 7) is 3.61. The van der Waals surface area contributed by atoms with Gasteiger partial charge >= 0.3 is 0 Å². The summed E-state index contributed by atoms with van der Waals surface area (Å²) in [6, 6.07) is 5.46. The average molecular weight is 322 g/mol. The highest BCUT2D eigenvalue weighted by molar-refractivity contribution is 6.42. The summed E-state index contributed by atoms with van der Waals surface area (Å²) < 4.78 is 5.21. The molecule has 2 N–H and O–H groups in total. The van der Waals surface area contributed by atoms with E-state index in [0.717, 1.165) is 5.57 Å². The topological polar surface area (TPSA) is 71.9 Å². The minimum Gasteiger partial charge on any atom is -0.480 e. The van der Waals surface area contributed by atoms with E-state index in [4.69, 9.17) is 33.7 Å². The summed E-state index contributed by atoms with van der Waals surface area (Å²) in [5.74, 6) is 0.235. The first-order valence-electron chi connectivity index (χ1n) is 6.10. The Morgan fingerprint density at radius 2 is 1.90 bits per heavy atom. The fraction of sp³-hybridized carbons (Fsp3) is 0.200. The molecule has 0 unspecified atom stereocenters. The number of allylic oxidation sites excluding steroid dienone is 2. The lowest BCUT2D eigenvalue weighted by Gasteiger charge is -2.14. The number of hydrogen-bond acceptors (Lipinski definition) is 4. The van der Waals surface area contributed by atoms with E-state index < -0.39 is 0 Å². The van der Waals surface area contributed by atoms with Crippen molar-refractivity contribution in [3.8, 4) is 11.9 Å². The molecule has 2 aromatic rings. The van der Waals surface area contributed by atoms with Crippen molar-refractivity contribution >= 4 is 39.7 Å². The molecule has 1 aromatic heterocycles. The van der Waals surface area contributed by atoms with E-state index in [2.05, 4.69) is 11.1 Å². The van der Waals surface area contributed by atoms with Gasteiger partial charge in [-0.15, -0.1) is 0 Å². The average Bonchev–Trinajstić information content (AvgIpc) is 2.45. The van der Waals surface area contributed by atoms with E-state index in [1.807, 2.05) is 6.92 Å². The van der Waals surface area contributed by atoms with E-state index in [-0.39, 0.29) is 5.88 Å². The molecule has 0 bridgehead atoms. The van der Waals surface area contributed by atoms with E-state index in [0.29, 0.717) is 37.8 Å². The quantitative estimate of drug-likeness (QED) is 0.902. The molecular weight excluding hydrogens is 309 g/mol. The Morgan fingerprint density at radius 1 is 1.29 bits per heavy atom. The molecule has 1 heterocycles. The molecule has 6 heteroatoms. The number of benzene rings is 1. The smallest absolute Gasteiger partial charge is 0.232 e. The van der Waals surface area contributed by atoms with E-state index >= 15 is 0 Å². The number of hydrogen-bond donors (Lipinski definition) is 1. The molecule has 0 fully saturated rings. The number of aromatic nitrogens is 1. The fourth-order valence-corrected chi connectivity index (χ4v) is 2.40. The normalized spacial score (nSPS) is 12.0. The SMILES string of the molecule is COc1nc2cc(Cl)c(Cl)cc2c(C(C)=C(C)N)c1C#N. The van der Waals surface area contributed by atoms with Gasteiger partial charge in [0.2, 0.25) is 5.88 Å². The Labute approximate surface area is 132 Å². The molecule has 0 aliphatic rings. The molecular formula is C15H13Cl2N3O. The third-order valence-corrected chi connectivity index (χ3v) is 3.99. The molecule has 0 spiro atoms. The number of rotatable bonds is 2. The third-order valence-electron chi connectivity index (χ3n) is 3.27. The summed E-state index contributed by atoms with van der Waals surface area (Å²) in [5.41, 5.74) is 8.85. The van der Waals surface area contributed by atoms with Crippen LogP contribution in [0.4, 0.5) is 0 Å². The minimum atomic E-state index is 0.235. The first-order valence-corrected chi connectivity index (χ1v) is 6.86. The number of pyridine rings is 1. The van der Waals surface area contributed by atoms with Crippen LogP contribution in [-0.2, 0) is 0 Å². The van der Waals surface area contributed by atoms with Gasteiger partial charge in [-0.25, -0.2) is 4.98 Å². The molecule has 4 nitrogen and oxygen atoms in total. The zero-order chi connectivity index (χ0) is 15.7. The monoisotopic (exact) mass is 321 g/mol. The van der Waals surface area contributed by atoms with Gasteiger partial charge < -0.3 is 10.5 Å². The number of ether oxygens (including phenoxy) is 1. The molecule has 2 rings (SSSR count). The van der Waals surface area contributed by atoms with Crippen LogP contribution < -0.4 is 10.5 Å². The maximum absolute atomic E-state index is 9.45. The highest BCUT2D eigenvalue weighted by atomic mass is 35.5. The summed E-state index contributed by atoms with van der Waals surface area (Å²) in [4.78, 5) is 4.32. The van der Waals surface area contributed by atoms with Crippen molar-refractivity contribution in [1.29, 1.82) is 5.26 Å². The predicted octanol–water partition coefficient (Wildman–Crippen LogP) is 4.13. The summed E-state index contributed by atoms with van der Waals surface area (Å²) in [6.07, 6.45) is 0. The van der Waals surface area contributed by atoms with E-state index in [9.17, 15) is 5.26 Å². The lowest BCUT2D eigenvalue weighted by atomic mass is 9.96. The van der Waals surface area contributed by atoms with Gasteiger partial charge in [0.05, 0.1) is 22.7 Å². The van der Waals surface area contributed by atoms with Crippen LogP contribution >= 0.6 is 23.2 Å². The molecule has 1 aromatic carbocycles. The molecule has 0 aliphatic carbocycles. The van der Waals surface area contributed by atoms with Gasteiger partial charge in [-0.2, -0.15) is 5.26 Å². The zero-order valence-corrected chi connectivity index (χ0v) is 13.3. The minimum absolute atomic E-state index is 0.235. The van der Waals surface area contributed by atoms with Crippen LogP contribution in [-0.4, -0.2) is 12.1 Å². The summed E-state index contributed by atoms with van der Waals surface area (Å²) >= 11 is 12.1. The number of fused-ring (bicyclic) bond motifs is 1. The standard InChI is InChI=1S/C15H13Cl2N3O/c1-7(8(2)19)14-9-4-11(16)12(17)5-13(9)20-15(21-3)10(14)6-18/h4-5H,19H2,1-3H3. The Balaban J connectivity index is 3.06. The molecule has 0 aliphatic heterocycles. The molecule has 0 amide bonds. The van der Waals surface area contributed by atoms with Crippen LogP contribution in [0, 0.1) is 11.3 Å². The second-order valence-corrected chi connectivity index (χ2v) is 5.39. The van der Waals surface area contributed by atoms with E-state index in [1.54, 1.807) is 19.1 Å². The Bertz CT molecular complexity index is 803. The number of halogens is 2. The molecule has 0 radical (unpaired) electrons. The molecule has 0 saturated heterocycles. The van der Waals surface area contributed by atoms with Crippen molar-refractivity contribution in [2.45, 2.75) is 13.8 Å². The van der Waals surface area contributed by atoms with Gasteiger partial charge in [0.25, 0.3) is 0 Å².